The molecule has 0 aromatic carbocycles. The van der Waals surface area contributed by atoms with Crippen LogP contribution in [0.1, 0.15) is 39.3 Å². The van der Waals surface area contributed by atoms with Crippen LogP contribution in [-0.4, -0.2) is 110 Å². The molecule has 226 valence electrons. The summed E-state index contributed by atoms with van der Waals surface area (Å²) in [6, 6.07) is 0. The van der Waals surface area contributed by atoms with Gasteiger partial charge in [0.05, 0.1) is 25.8 Å². The number of nitrogens with two attached hydrogens (primary N) is 1. The Labute approximate surface area is 234 Å². The Morgan fingerprint density at radius 3 is 2.46 bits per heavy atom. The molecule has 0 radical (unpaired) electrons. The van der Waals surface area contributed by atoms with E-state index in [0.717, 1.165) is 0 Å². The maximum atomic E-state index is 12.2. The van der Waals surface area contributed by atoms with Crippen molar-refractivity contribution >= 4 is 40.7 Å². The summed E-state index contributed by atoms with van der Waals surface area (Å²) in [6.07, 6.45) is -4.57. The summed E-state index contributed by atoms with van der Waals surface area (Å²) in [7, 11) is 1.46. The molecule has 1 fully saturated rings. The standard InChI is InChI=1S/C24H35N7O10/c1-24(2,19(37)22(38)27-7-6-13(32)26-3)9-40-15(34)5-4-14(33)39-8-12-17(35)18(36)23(41-12)31-11-30-16-20(25)28-10-29-21(16)31/h10-12,17-19,23,35-37H,4-9H2,1-3H3,(H,26,32)(H,27,38)(H2,25,28,29)/t12-,17-,18-,19-,23-/m0/s1. The van der Waals surface area contributed by atoms with Gasteiger partial charge in [0.15, 0.2) is 17.7 Å². The molecule has 0 bridgehead atoms. The summed E-state index contributed by atoms with van der Waals surface area (Å²) in [5, 5.41) is 36.0. The van der Waals surface area contributed by atoms with Crippen LogP contribution in [0.25, 0.3) is 11.2 Å². The van der Waals surface area contributed by atoms with Crippen molar-refractivity contribution in [3.63, 3.8) is 0 Å². The number of ether oxygens (including phenoxy) is 3. The minimum absolute atomic E-state index is 0.0284. The summed E-state index contributed by atoms with van der Waals surface area (Å²) >= 11 is 0. The number of hydrogen-bond acceptors (Lipinski definition) is 14. The SMILES string of the molecule is CNC(=O)CCNC(=O)[C@H](O)C(C)(C)COC(=O)CCC(=O)OC[C@@H]1O[C@H](n2cnc3c(N)ncnc32)[C@@H](O)[C@H]1O. The average Bonchev–Trinajstić information content (AvgIpc) is 3.50. The average molecular weight is 582 g/mol. The van der Waals surface area contributed by atoms with Gasteiger partial charge in [-0.25, -0.2) is 15.0 Å². The zero-order valence-electron chi connectivity index (χ0n) is 22.8. The predicted octanol–water partition coefficient (Wildman–Crippen LogP) is -2.47. The lowest BCUT2D eigenvalue weighted by Crippen LogP contribution is -2.46. The number of imidazole rings is 1. The molecule has 0 spiro atoms. The van der Waals surface area contributed by atoms with Crippen molar-refractivity contribution in [3.05, 3.63) is 12.7 Å². The number of rotatable bonds is 13. The first-order valence-electron chi connectivity index (χ1n) is 12.8. The van der Waals surface area contributed by atoms with Gasteiger partial charge >= 0.3 is 11.9 Å². The van der Waals surface area contributed by atoms with E-state index in [1.165, 1.54) is 38.1 Å². The fourth-order valence-corrected chi connectivity index (χ4v) is 3.90. The fourth-order valence-electron chi connectivity index (χ4n) is 3.90. The fraction of sp³-hybridized carbons (Fsp3) is 0.625. The van der Waals surface area contributed by atoms with Crippen LogP contribution in [0.15, 0.2) is 12.7 Å². The zero-order chi connectivity index (χ0) is 30.3. The third kappa shape index (κ3) is 7.84. The summed E-state index contributed by atoms with van der Waals surface area (Å²) in [4.78, 5) is 59.7. The lowest BCUT2D eigenvalue weighted by Gasteiger charge is -2.29. The third-order valence-electron chi connectivity index (χ3n) is 6.46. The molecule has 0 saturated carbocycles. The van der Waals surface area contributed by atoms with E-state index in [1.807, 2.05) is 0 Å². The number of amides is 2. The second kappa shape index (κ2) is 13.6. The second-order valence-electron chi connectivity index (χ2n) is 10.1. The molecular weight excluding hydrogens is 546 g/mol. The quantitative estimate of drug-likeness (QED) is 0.134. The normalized spacial score (nSPS) is 21.3. The molecule has 3 rings (SSSR count). The maximum Gasteiger partial charge on any atom is 0.306 e. The van der Waals surface area contributed by atoms with Crippen LogP contribution < -0.4 is 16.4 Å². The lowest BCUT2D eigenvalue weighted by molar-refractivity contribution is -0.157. The van der Waals surface area contributed by atoms with Crippen LogP contribution in [0.4, 0.5) is 5.82 Å². The smallest absolute Gasteiger partial charge is 0.306 e. The number of aliphatic hydroxyl groups is 3. The van der Waals surface area contributed by atoms with Crippen LogP contribution in [-0.2, 0) is 33.4 Å². The van der Waals surface area contributed by atoms with Gasteiger partial charge in [-0.3, -0.25) is 23.7 Å². The van der Waals surface area contributed by atoms with Gasteiger partial charge in [-0.1, -0.05) is 13.8 Å². The molecule has 7 N–H and O–H groups in total. The largest absolute Gasteiger partial charge is 0.465 e. The van der Waals surface area contributed by atoms with E-state index in [1.54, 1.807) is 0 Å². The molecule has 2 aromatic heterocycles. The van der Waals surface area contributed by atoms with Gasteiger partial charge in [0, 0.05) is 25.4 Å². The number of anilines is 1. The van der Waals surface area contributed by atoms with E-state index in [9.17, 15) is 34.5 Å². The Bertz CT molecular complexity index is 1250. The number of nitrogens with one attached hydrogen (secondary N) is 2. The Kier molecular flexibility index (Phi) is 10.5. The van der Waals surface area contributed by atoms with Gasteiger partial charge in [-0.15, -0.1) is 0 Å². The number of aliphatic hydroxyl groups excluding tert-OH is 3. The molecule has 3 heterocycles. The summed E-state index contributed by atoms with van der Waals surface area (Å²) < 4.78 is 17.3. The van der Waals surface area contributed by atoms with Crippen molar-refractivity contribution in [2.24, 2.45) is 5.41 Å². The Balaban J connectivity index is 1.40. The predicted molar refractivity (Wildman–Crippen MR) is 138 cm³/mol. The highest BCUT2D eigenvalue weighted by molar-refractivity contribution is 5.83. The number of fused-ring (bicyclic) bond motifs is 1. The van der Waals surface area contributed by atoms with Crippen molar-refractivity contribution in [3.8, 4) is 0 Å². The van der Waals surface area contributed by atoms with Gasteiger partial charge in [0.2, 0.25) is 11.8 Å². The number of nitrogen functional groups attached to an aromatic ring is 1. The summed E-state index contributed by atoms with van der Waals surface area (Å²) in [5.74, 6) is -2.40. The highest BCUT2D eigenvalue weighted by Crippen LogP contribution is 2.32. The summed E-state index contributed by atoms with van der Waals surface area (Å²) in [6.45, 7) is 2.34. The van der Waals surface area contributed by atoms with Crippen molar-refractivity contribution in [1.29, 1.82) is 0 Å². The van der Waals surface area contributed by atoms with Crippen LogP contribution in [0, 0.1) is 5.41 Å². The van der Waals surface area contributed by atoms with E-state index in [0.29, 0.717) is 5.52 Å². The van der Waals surface area contributed by atoms with Gasteiger partial charge in [-0.05, 0) is 0 Å². The number of hydrogen-bond donors (Lipinski definition) is 6. The van der Waals surface area contributed by atoms with Crippen molar-refractivity contribution in [2.45, 2.75) is 63.8 Å². The van der Waals surface area contributed by atoms with E-state index in [-0.39, 0.29) is 49.8 Å². The zero-order valence-corrected chi connectivity index (χ0v) is 22.8. The maximum absolute atomic E-state index is 12.2. The first-order chi connectivity index (χ1) is 19.4. The van der Waals surface area contributed by atoms with Crippen molar-refractivity contribution in [1.82, 2.24) is 30.2 Å². The van der Waals surface area contributed by atoms with Crippen LogP contribution in [0.3, 0.4) is 0 Å². The first kappa shape index (κ1) is 31.6. The minimum atomic E-state index is -1.52. The van der Waals surface area contributed by atoms with Gasteiger partial charge in [0.25, 0.3) is 0 Å². The highest BCUT2D eigenvalue weighted by Gasteiger charge is 2.45. The number of carbonyl (C=O) groups is 4. The molecule has 2 aromatic rings. The number of aromatic nitrogens is 4. The van der Waals surface area contributed by atoms with E-state index < -0.39 is 60.5 Å². The van der Waals surface area contributed by atoms with E-state index in [2.05, 4.69) is 25.6 Å². The topological polar surface area (TPSA) is 250 Å². The molecular formula is C24H35N7O10. The van der Waals surface area contributed by atoms with Crippen LogP contribution >= 0.6 is 0 Å². The van der Waals surface area contributed by atoms with Crippen molar-refractivity contribution in [2.75, 3.05) is 32.5 Å². The molecule has 41 heavy (non-hydrogen) atoms. The Morgan fingerprint density at radius 1 is 1.10 bits per heavy atom. The van der Waals surface area contributed by atoms with Gasteiger partial charge < -0.3 is 45.9 Å². The number of esters is 2. The summed E-state index contributed by atoms with van der Waals surface area (Å²) in [5.41, 5.74) is 5.19. The Morgan fingerprint density at radius 2 is 1.78 bits per heavy atom. The van der Waals surface area contributed by atoms with E-state index in [4.69, 9.17) is 19.9 Å². The van der Waals surface area contributed by atoms with Gasteiger partial charge in [-0.2, -0.15) is 0 Å². The molecule has 1 aliphatic heterocycles. The molecule has 0 aliphatic carbocycles. The Hall–Kier alpha value is -3.93. The molecule has 17 nitrogen and oxygen atoms in total. The van der Waals surface area contributed by atoms with Crippen molar-refractivity contribution < 1.29 is 48.7 Å². The molecule has 1 saturated heterocycles. The second-order valence-corrected chi connectivity index (χ2v) is 10.1. The molecule has 1 aliphatic rings. The minimum Gasteiger partial charge on any atom is -0.465 e. The van der Waals surface area contributed by atoms with Gasteiger partial charge in [0.1, 0.15) is 42.9 Å². The first-order valence-corrected chi connectivity index (χ1v) is 12.8. The molecule has 5 atom stereocenters. The lowest BCUT2D eigenvalue weighted by atomic mass is 9.87. The van der Waals surface area contributed by atoms with Crippen LogP contribution in [0.2, 0.25) is 0 Å². The molecule has 2 amide bonds. The van der Waals surface area contributed by atoms with E-state index >= 15 is 0 Å². The van der Waals surface area contributed by atoms with Crippen LogP contribution in [0.5, 0.6) is 0 Å². The monoisotopic (exact) mass is 581 g/mol. The molecule has 0 unspecified atom stereocenters. The number of nitrogens with zero attached hydrogens (tertiary/aromatic N) is 4. The molecule has 17 heteroatoms. The number of carbonyl (C=O) groups excluding carboxylic acids is 4. The highest BCUT2D eigenvalue weighted by atomic mass is 16.6. The third-order valence-corrected chi connectivity index (χ3v) is 6.46.